The number of carbonyl (C=O) groups excluding carboxylic acids is 3. The van der Waals surface area contributed by atoms with Crippen molar-refractivity contribution in [3.8, 4) is 0 Å². The molecule has 0 aliphatic carbocycles. The van der Waals surface area contributed by atoms with Gasteiger partial charge in [0.15, 0.2) is 0 Å². The van der Waals surface area contributed by atoms with Gasteiger partial charge in [0.2, 0.25) is 11.8 Å². The lowest BCUT2D eigenvalue weighted by molar-refractivity contribution is -0.118. The summed E-state index contributed by atoms with van der Waals surface area (Å²) in [5.41, 5.74) is 5.23. The van der Waals surface area contributed by atoms with E-state index in [1.807, 2.05) is 22.6 Å². The number of aromatic carboxylic acids is 1. The molecule has 8 nitrogen and oxygen atoms in total. The highest BCUT2D eigenvalue weighted by molar-refractivity contribution is 14.1. The Balaban J connectivity index is 3.65. The summed E-state index contributed by atoms with van der Waals surface area (Å²) in [5.74, 6) is -3.14. The van der Waals surface area contributed by atoms with Gasteiger partial charge in [0.25, 0.3) is 5.91 Å². The minimum absolute atomic E-state index is 0.00503. The Hall–Kier alpha value is -0.550. The maximum absolute atomic E-state index is 12.3. The Morgan fingerprint density at radius 1 is 1.04 bits per heavy atom. The van der Waals surface area contributed by atoms with Crippen LogP contribution in [0.3, 0.4) is 0 Å². The fourth-order valence-electron chi connectivity index (χ4n) is 1.58. The van der Waals surface area contributed by atoms with E-state index >= 15 is 0 Å². The van der Waals surface area contributed by atoms with E-state index in [1.54, 1.807) is 45.2 Å². The first kappa shape index (κ1) is 20.5. The van der Waals surface area contributed by atoms with Crippen molar-refractivity contribution in [1.82, 2.24) is 5.32 Å². The smallest absolute Gasteiger partial charge is 0.337 e. The van der Waals surface area contributed by atoms with E-state index in [9.17, 15) is 24.3 Å². The van der Waals surface area contributed by atoms with Crippen LogP contribution in [0.4, 0.5) is 5.69 Å². The molecule has 0 atom stereocenters. The minimum atomic E-state index is -1.25. The number of carboxylic acid groups (broad SMARTS) is 1. The van der Waals surface area contributed by atoms with Crippen molar-refractivity contribution in [3.05, 3.63) is 21.8 Å². The average Bonchev–Trinajstić information content (AvgIpc) is 2.42. The number of carboxylic acids is 1. The molecule has 0 saturated heterocycles. The summed E-state index contributed by atoms with van der Waals surface area (Å²) >= 11 is 5.33. The molecular formula is C12H10I3N3O5. The van der Waals surface area contributed by atoms with Crippen molar-refractivity contribution >= 4 is 97.2 Å². The number of nitrogens with two attached hydrogens (primary N) is 1. The van der Waals surface area contributed by atoms with Crippen molar-refractivity contribution in [1.29, 1.82) is 0 Å². The lowest BCUT2D eigenvalue weighted by Gasteiger charge is -2.17. The van der Waals surface area contributed by atoms with Crippen molar-refractivity contribution < 1.29 is 24.3 Å². The monoisotopic (exact) mass is 657 g/mol. The predicted octanol–water partition coefficient (Wildman–Crippen LogP) is 1.37. The van der Waals surface area contributed by atoms with Gasteiger partial charge in [-0.05, 0) is 67.8 Å². The van der Waals surface area contributed by atoms with Crippen LogP contribution in [0.15, 0.2) is 0 Å². The molecule has 1 aromatic rings. The lowest BCUT2D eigenvalue weighted by Crippen LogP contribution is -2.36. The van der Waals surface area contributed by atoms with Crippen LogP contribution in [0.25, 0.3) is 0 Å². The summed E-state index contributed by atoms with van der Waals surface area (Å²) in [7, 11) is 0. The molecule has 0 fully saturated rings. The number of halogens is 3. The summed E-state index contributed by atoms with van der Waals surface area (Å²) in [6.45, 7) is 0.885. The number of carbonyl (C=O) groups is 4. The third kappa shape index (κ3) is 4.72. The minimum Gasteiger partial charge on any atom is -0.478 e. The van der Waals surface area contributed by atoms with Crippen LogP contribution in [0.5, 0.6) is 0 Å². The average molecular weight is 657 g/mol. The molecule has 1 aromatic carbocycles. The number of benzene rings is 1. The van der Waals surface area contributed by atoms with Crippen LogP contribution in [-0.4, -0.2) is 35.3 Å². The number of hydrogen-bond donors (Lipinski definition) is 4. The summed E-state index contributed by atoms with van der Waals surface area (Å²) in [5, 5.41) is 14.0. The van der Waals surface area contributed by atoms with Gasteiger partial charge in [-0.2, -0.15) is 0 Å². The molecule has 0 radical (unpaired) electrons. The van der Waals surface area contributed by atoms with Crippen LogP contribution in [0.1, 0.15) is 27.6 Å². The van der Waals surface area contributed by atoms with Gasteiger partial charge in [-0.1, -0.05) is 0 Å². The van der Waals surface area contributed by atoms with E-state index in [0.29, 0.717) is 7.14 Å². The number of hydrogen-bond acceptors (Lipinski definition) is 5. The first-order chi connectivity index (χ1) is 10.6. The fourth-order valence-corrected chi connectivity index (χ4v) is 5.96. The molecule has 5 N–H and O–H groups in total. The molecule has 0 unspecified atom stereocenters. The summed E-state index contributed by atoms with van der Waals surface area (Å²) in [6.07, 6.45) is 0. The number of anilines is 1. The van der Waals surface area contributed by atoms with E-state index in [1.165, 1.54) is 6.92 Å². The first-order valence-electron chi connectivity index (χ1n) is 5.87. The van der Waals surface area contributed by atoms with Crippen molar-refractivity contribution in [3.63, 3.8) is 0 Å². The van der Waals surface area contributed by atoms with E-state index in [-0.39, 0.29) is 26.9 Å². The van der Waals surface area contributed by atoms with Crippen LogP contribution < -0.4 is 16.4 Å². The highest BCUT2D eigenvalue weighted by Crippen LogP contribution is 2.35. The first-order valence-corrected chi connectivity index (χ1v) is 9.11. The molecule has 0 saturated carbocycles. The molecule has 0 aromatic heterocycles. The molecule has 11 heteroatoms. The third-order valence-corrected chi connectivity index (χ3v) is 5.73. The van der Waals surface area contributed by atoms with Gasteiger partial charge in [-0.25, -0.2) is 4.79 Å². The molecule has 0 spiro atoms. The van der Waals surface area contributed by atoms with Crippen LogP contribution in [-0.2, 0) is 9.59 Å². The topological polar surface area (TPSA) is 139 Å². The number of nitrogens with one attached hydrogen (secondary N) is 2. The zero-order chi connectivity index (χ0) is 17.9. The summed E-state index contributed by atoms with van der Waals surface area (Å²) < 4.78 is 0.792. The molecule has 3 amide bonds. The maximum atomic E-state index is 12.3. The molecule has 0 aliphatic rings. The summed E-state index contributed by atoms with van der Waals surface area (Å²) in [6, 6.07) is 0. The number of imide groups is 1. The molecule has 124 valence electrons. The van der Waals surface area contributed by atoms with Crippen molar-refractivity contribution in [2.75, 3.05) is 11.9 Å². The van der Waals surface area contributed by atoms with Crippen molar-refractivity contribution in [2.45, 2.75) is 6.92 Å². The second-order valence-corrected chi connectivity index (χ2v) is 7.37. The zero-order valence-corrected chi connectivity index (χ0v) is 18.0. The van der Waals surface area contributed by atoms with Crippen LogP contribution >= 0.6 is 67.8 Å². The van der Waals surface area contributed by atoms with E-state index in [2.05, 4.69) is 10.6 Å². The van der Waals surface area contributed by atoms with Crippen LogP contribution in [0.2, 0.25) is 0 Å². The maximum Gasteiger partial charge on any atom is 0.337 e. The number of rotatable bonds is 4. The Labute approximate surface area is 171 Å². The van der Waals surface area contributed by atoms with Gasteiger partial charge < -0.3 is 16.2 Å². The SMILES string of the molecule is CC(=O)Nc1c(I)c(C(=O)O)c(I)c(C(=O)NC(=O)CN)c1I. The molecule has 0 aliphatic heterocycles. The van der Waals surface area contributed by atoms with Gasteiger partial charge in [0, 0.05) is 10.5 Å². The largest absolute Gasteiger partial charge is 0.478 e. The van der Waals surface area contributed by atoms with Gasteiger partial charge in [-0.15, -0.1) is 0 Å². The van der Waals surface area contributed by atoms with Gasteiger partial charge in [-0.3, -0.25) is 19.7 Å². The zero-order valence-electron chi connectivity index (χ0n) is 11.5. The Bertz CT molecular complexity index is 721. The highest BCUT2D eigenvalue weighted by atomic mass is 127. The molecule has 1 rings (SSSR count). The fraction of sp³-hybridized carbons (Fsp3) is 0.167. The van der Waals surface area contributed by atoms with Gasteiger partial charge in [0.05, 0.1) is 30.5 Å². The van der Waals surface area contributed by atoms with Crippen LogP contribution in [0, 0.1) is 10.7 Å². The lowest BCUT2D eigenvalue weighted by atomic mass is 10.1. The Kier molecular flexibility index (Phi) is 7.59. The second kappa shape index (κ2) is 8.52. The third-order valence-electron chi connectivity index (χ3n) is 2.50. The highest BCUT2D eigenvalue weighted by Gasteiger charge is 2.28. The summed E-state index contributed by atoms with van der Waals surface area (Å²) in [4.78, 5) is 46.4. The van der Waals surface area contributed by atoms with Gasteiger partial charge in [0.1, 0.15) is 0 Å². The molecule has 0 heterocycles. The van der Waals surface area contributed by atoms with Gasteiger partial charge >= 0.3 is 5.97 Å². The van der Waals surface area contributed by atoms with Crippen molar-refractivity contribution in [2.24, 2.45) is 5.73 Å². The van der Waals surface area contributed by atoms with E-state index < -0.39 is 23.7 Å². The normalized spacial score (nSPS) is 10.1. The molecule has 23 heavy (non-hydrogen) atoms. The Morgan fingerprint density at radius 2 is 1.57 bits per heavy atom. The van der Waals surface area contributed by atoms with E-state index in [4.69, 9.17) is 5.73 Å². The standard InChI is InChI=1S/C12H10I3N3O5/c1-3(19)17-10-8(14)5(11(21)18-4(20)2-16)7(13)6(9(10)15)12(22)23/h2,16H2,1H3,(H,17,19)(H,22,23)(H,18,20,21). The quantitative estimate of drug-likeness (QED) is 0.362. The number of amides is 3. The molecule has 0 bridgehead atoms. The Morgan fingerprint density at radius 3 is 2.00 bits per heavy atom. The molecular weight excluding hydrogens is 647 g/mol. The second-order valence-electron chi connectivity index (χ2n) is 4.13. The predicted molar refractivity (Wildman–Crippen MR) is 107 cm³/mol. The van der Waals surface area contributed by atoms with E-state index in [0.717, 1.165) is 0 Å².